The first kappa shape index (κ1) is 15.7. The Bertz CT molecular complexity index is 1170. The van der Waals surface area contributed by atoms with Gasteiger partial charge in [0.25, 0.3) is 5.91 Å². The van der Waals surface area contributed by atoms with Crippen LogP contribution in [0.5, 0.6) is 0 Å². The number of anilines is 1. The maximum Gasteiger partial charge on any atom is 0.325 e. The summed E-state index contributed by atoms with van der Waals surface area (Å²) in [4.78, 5) is 23.3. The summed E-state index contributed by atoms with van der Waals surface area (Å²) >= 11 is 0. The Balaban J connectivity index is 1.65. The summed E-state index contributed by atoms with van der Waals surface area (Å²) in [5.41, 5.74) is 1.37. The molecule has 9 nitrogen and oxygen atoms in total. The third kappa shape index (κ3) is 2.73. The number of aliphatic carboxylic acids is 1. The van der Waals surface area contributed by atoms with Crippen LogP contribution in [-0.4, -0.2) is 42.2 Å². The van der Waals surface area contributed by atoms with E-state index in [0.717, 1.165) is 11.5 Å². The molecule has 0 aliphatic rings. The highest BCUT2D eigenvalue weighted by Gasteiger charge is 2.14. The third-order valence-electron chi connectivity index (χ3n) is 3.83. The van der Waals surface area contributed by atoms with Gasteiger partial charge in [-0.1, -0.05) is 0 Å². The number of fused-ring (bicyclic) bond motifs is 2. The molecule has 0 atom stereocenters. The fraction of sp³-hybridized carbons (Fsp3) is 0.0625. The lowest BCUT2D eigenvalue weighted by molar-refractivity contribution is -0.137. The Morgan fingerprint density at radius 3 is 2.88 bits per heavy atom. The van der Waals surface area contributed by atoms with E-state index >= 15 is 0 Å². The van der Waals surface area contributed by atoms with E-state index in [1.165, 1.54) is 16.9 Å². The van der Waals surface area contributed by atoms with Gasteiger partial charge in [-0.05, 0) is 30.3 Å². The van der Waals surface area contributed by atoms with Gasteiger partial charge in [-0.15, -0.1) is 0 Å². The van der Waals surface area contributed by atoms with E-state index in [-0.39, 0.29) is 23.1 Å². The molecule has 10 heteroatoms. The van der Waals surface area contributed by atoms with Gasteiger partial charge in [-0.3, -0.25) is 14.3 Å². The van der Waals surface area contributed by atoms with E-state index in [9.17, 15) is 14.0 Å². The highest BCUT2D eigenvalue weighted by molar-refractivity contribution is 6.06. The predicted molar refractivity (Wildman–Crippen MR) is 89.2 cm³/mol. The lowest BCUT2D eigenvalue weighted by atomic mass is 10.1. The van der Waals surface area contributed by atoms with E-state index in [4.69, 9.17) is 5.11 Å². The Morgan fingerprint density at radius 2 is 2.08 bits per heavy atom. The molecule has 0 spiro atoms. The van der Waals surface area contributed by atoms with Gasteiger partial charge in [-0.2, -0.15) is 20.5 Å². The van der Waals surface area contributed by atoms with Crippen LogP contribution >= 0.6 is 0 Å². The van der Waals surface area contributed by atoms with Crippen molar-refractivity contribution in [3.05, 3.63) is 47.9 Å². The Hall–Kier alpha value is -3.82. The third-order valence-corrected chi connectivity index (χ3v) is 3.83. The van der Waals surface area contributed by atoms with Gasteiger partial charge in [-0.25, -0.2) is 4.39 Å². The second-order valence-electron chi connectivity index (χ2n) is 5.57. The Kier molecular flexibility index (Phi) is 3.57. The molecule has 0 fully saturated rings. The number of amides is 1. The van der Waals surface area contributed by atoms with Gasteiger partial charge in [0.2, 0.25) is 0 Å². The smallest absolute Gasteiger partial charge is 0.325 e. The average molecular weight is 354 g/mol. The van der Waals surface area contributed by atoms with Crippen LogP contribution in [0.4, 0.5) is 10.1 Å². The molecule has 2 aromatic carbocycles. The van der Waals surface area contributed by atoms with Crippen molar-refractivity contribution >= 4 is 39.5 Å². The van der Waals surface area contributed by atoms with Crippen LogP contribution in [0.15, 0.2) is 36.5 Å². The van der Waals surface area contributed by atoms with Crippen LogP contribution in [-0.2, 0) is 11.3 Å². The van der Waals surface area contributed by atoms with Crippen LogP contribution in [0.25, 0.3) is 21.9 Å². The fourth-order valence-corrected chi connectivity index (χ4v) is 2.65. The molecule has 1 amide bonds. The van der Waals surface area contributed by atoms with E-state index < -0.39 is 17.7 Å². The van der Waals surface area contributed by atoms with Crippen LogP contribution in [0.2, 0.25) is 0 Å². The molecule has 130 valence electrons. The number of nitrogens with one attached hydrogen (secondary N) is 2. The van der Waals surface area contributed by atoms with Gasteiger partial charge in [0.15, 0.2) is 5.82 Å². The highest BCUT2D eigenvalue weighted by Crippen LogP contribution is 2.21. The fourth-order valence-electron chi connectivity index (χ4n) is 2.65. The Labute approximate surface area is 144 Å². The number of H-pyrrole nitrogens is 1. The molecule has 3 N–H and O–H groups in total. The van der Waals surface area contributed by atoms with Crippen molar-refractivity contribution in [3.8, 4) is 0 Å². The standard InChI is InChI=1S/C16H11FN6O3/c17-11-3-9(4-12-15(11)21-22-20-12)16(26)19-10-2-1-8-6-18-23(7-14(24)25)13(8)5-10/h1-6H,7H2,(H,19,26)(H,24,25)(H,20,21,22). The van der Waals surface area contributed by atoms with E-state index in [1.807, 2.05) is 0 Å². The maximum absolute atomic E-state index is 14.0. The first-order valence-electron chi connectivity index (χ1n) is 7.50. The van der Waals surface area contributed by atoms with Crippen molar-refractivity contribution in [2.24, 2.45) is 0 Å². The molecule has 0 aliphatic carbocycles. The molecule has 0 aliphatic heterocycles. The number of benzene rings is 2. The molecule has 0 unspecified atom stereocenters. The molecule has 4 aromatic rings. The van der Waals surface area contributed by atoms with Crippen LogP contribution in [0.1, 0.15) is 10.4 Å². The molecular weight excluding hydrogens is 343 g/mol. The highest BCUT2D eigenvalue weighted by atomic mass is 19.1. The number of carbonyl (C=O) groups is 2. The first-order valence-corrected chi connectivity index (χ1v) is 7.50. The molecular formula is C16H11FN6O3. The van der Waals surface area contributed by atoms with Gasteiger partial charge < -0.3 is 10.4 Å². The molecule has 2 heterocycles. The van der Waals surface area contributed by atoms with Crippen molar-refractivity contribution in [1.82, 2.24) is 25.2 Å². The molecule has 26 heavy (non-hydrogen) atoms. The first-order chi connectivity index (χ1) is 12.5. The summed E-state index contributed by atoms with van der Waals surface area (Å²) < 4.78 is 15.3. The average Bonchev–Trinajstić information content (AvgIpc) is 3.22. The summed E-state index contributed by atoms with van der Waals surface area (Å²) in [6, 6.07) is 7.46. The number of aromatic amines is 1. The molecule has 0 bridgehead atoms. The zero-order chi connectivity index (χ0) is 18.3. The summed E-state index contributed by atoms with van der Waals surface area (Å²) in [6.07, 6.45) is 1.54. The van der Waals surface area contributed by atoms with E-state index in [2.05, 4.69) is 25.8 Å². The van der Waals surface area contributed by atoms with Crippen molar-refractivity contribution in [3.63, 3.8) is 0 Å². The summed E-state index contributed by atoms with van der Waals surface area (Å²) in [5, 5.41) is 26.1. The number of rotatable bonds is 4. The number of carboxylic acid groups (broad SMARTS) is 1. The summed E-state index contributed by atoms with van der Waals surface area (Å²) in [6.45, 7) is -0.297. The van der Waals surface area contributed by atoms with Crippen LogP contribution in [0, 0.1) is 5.82 Å². The molecule has 4 rings (SSSR count). The van der Waals surface area contributed by atoms with Crippen molar-refractivity contribution in [2.45, 2.75) is 6.54 Å². The topological polar surface area (TPSA) is 126 Å². The largest absolute Gasteiger partial charge is 0.480 e. The SMILES string of the molecule is O=C(O)Cn1ncc2ccc(NC(=O)c3cc(F)c4n[nH]nc4c3)cc21. The lowest BCUT2D eigenvalue weighted by Gasteiger charge is -2.07. The van der Waals surface area contributed by atoms with Crippen LogP contribution in [0.3, 0.4) is 0 Å². The normalized spacial score (nSPS) is 11.1. The van der Waals surface area contributed by atoms with Crippen molar-refractivity contribution in [1.29, 1.82) is 0 Å². The van der Waals surface area contributed by atoms with Gasteiger partial charge in [0.1, 0.15) is 17.6 Å². The zero-order valence-electron chi connectivity index (χ0n) is 13.1. The number of aromatic nitrogens is 5. The molecule has 0 radical (unpaired) electrons. The Morgan fingerprint density at radius 1 is 1.23 bits per heavy atom. The number of carbonyl (C=O) groups excluding carboxylic acids is 1. The van der Waals surface area contributed by atoms with Crippen LogP contribution < -0.4 is 5.32 Å². The summed E-state index contributed by atoms with van der Waals surface area (Å²) in [7, 11) is 0. The van der Waals surface area contributed by atoms with Gasteiger partial charge >= 0.3 is 5.97 Å². The minimum absolute atomic E-state index is 0.0561. The second kappa shape index (κ2) is 5.92. The zero-order valence-corrected chi connectivity index (χ0v) is 13.1. The minimum atomic E-state index is -1.03. The number of halogens is 1. The second-order valence-corrected chi connectivity index (χ2v) is 5.57. The lowest BCUT2D eigenvalue weighted by Crippen LogP contribution is -2.13. The monoisotopic (exact) mass is 354 g/mol. The van der Waals surface area contributed by atoms with Crippen molar-refractivity contribution in [2.75, 3.05) is 5.32 Å². The molecule has 0 saturated heterocycles. The number of carboxylic acids is 1. The molecule has 0 saturated carbocycles. The van der Waals surface area contributed by atoms with Gasteiger partial charge in [0.05, 0.1) is 11.7 Å². The van der Waals surface area contributed by atoms with E-state index in [0.29, 0.717) is 11.2 Å². The van der Waals surface area contributed by atoms with Crippen molar-refractivity contribution < 1.29 is 19.1 Å². The summed E-state index contributed by atoms with van der Waals surface area (Å²) in [5.74, 6) is -2.21. The minimum Gasteiger partial charge on any atom is -0.480 e. The maximum atomic E-state index is 14.0. The molecule has 2 aromatic heterocycles. The van der Waals surface area contributed by atoms with Gasteiger partial charge in [0, 0.05) is 16.6 Å². The number of hydrogen-bond donors (Lipinski definition) is 3. The quantitative estimate of drug-likeness (QED) is 0.513. The number of nitrogens with zero attached hydrogens (tertiary/aromatic N) is 4. The van der Waals surface area contributed by atoms with E-state index in [1.54, 1.807) is 18.2 Å². The predicted octanol–water partition coefficient (Wildman–Crippen LogP) is 1.78. The number of hydrogen-bond acceptors (Lipinski definition) is 5.